The van der Waals surface area contributed by atoms with Gasteiger partial charge in [-0.1, -0.05) is 31.2 Å². The van der Waals surface area contributed by atoms with Crippen LogP contribution in [0.15, 0.2) is 24.3 Å². The van der Waals surface area contributed by atoms with Gasteiger partial charge in [0.25, 0.3) is 0 Å². The summed E-state index contributed by atoms with van der Waals surface area (Å²) in [5.41, 5.74) is 2.36. The molecular formula is C15H21NO3. The van der Waals surface area contributed by atoms with E-state index in [9.17, 15) is 4.79 Å². The third kappa shape index (κ3) is 3.78. The maximum atomic E-state index is 11.1. The zero-order valence-electron chi connectivity index (χ0n) is 11.3. The Labute approximate surface area is 114 Å². The second-order valence-electron chi connectivity index (χ2n) is 4.86. The SMILES string of the molecule is CCc1ccc(C(CC(=O)O)N2CCOCC2)cc1. The number of carboxylic acids is 1. The summed E-state index contributed by atoms with van der Waals surface area (Å²) in [6, 6.07) is 8.24. The summed E-state index contributed by atoms with van der Waals surface area (Å²) >= 11 is 0. The number of morpholine rings is 1. The van der Waals surface area contributed by atoms with E-state index in [4.69, 9.17) is 9.84 Å². The zero-order valence-corrected chi connectivity index (χ0v) is 11.3. The summed E-state index contributed by atoms with van der Waals surface area (Å²) in [5, 5.41) is 9.12. The number of rotatable bonds is 5. The van der Waals surface area contributed by atoms with Crippen molar-refractivity contribution in [2.75, 3.05) is 26.3 Å². The fourth-order valence-electron chi connectivity index (χ4n) is 2.49. The van der Waals surface area contributed by atoms with Crippen molar-refractivity contribution < 1.29 is 14.6 Å². The second-order valence-corrected chi connectivity index (χ2v) is 4.86. The molecule has 1 aliphatic heterocycles. The molecule has 1 aromatic rings. The third-order valence-electron chi connectivity index (χ3n) is 3.63. The standard InChI is InChI=1S/C15H21NO3/c1-2-12-3-5-13(6-4-12)14(11-15(17)18)16-7-9-19-10-8-16/h3-6,14H,2,7-11H2,1H3,(H,17,18). The molecule has 4 heteroatoms. The van der Waals surface area contributed by atoms with Gasteiger partial charge in [-0.3, -0.25) is 9.69 Å². The van der Waals surface area contributed by atoms with Crippen molar-refractivity contribution >= 4 is 5.97 Å². The Morgan fingerprint density at radius 1 is 1.32 bits per heavy atom. The highest BCUT2D eigenvalue weighted by Crippen LogP contribution is 2.25. The molecule has 1 N–H and O–H groups in total. The summed E-state index contributed by atoms with van der Waals surface area (Å²) in [6.07, 6.45) is 1.15. The maximum Gasteiger partial charge on any atom is 0.305 e. The molecule has 0 amide bonds. The van der Waals surface area contributed by atoms with Crippen molar-refractivity contribution in [2.24, 2.45) is 0 Å². The van der Waals surface area contributed by atoms with Crippen LogP contribution in [0.1, 0.15) is 30.5 Å². The van der Waals surface area contributed by atoms with Crippen LogP contribution in [0.5, 0.6) is 0 Å². The molecule has 0 aromatic heterocycles. The van der Waals surface area contributed by atoms with E-state index >= 15 is 0 Å². The monoisotopic (exact) mass is 263 g/mol. The number of aryl methyl sites for hydroxylation is 1. The molecule has 1 aliphatic rings. The lowest BCUT2D eigenvalue weighted by Gasteiger charge is -2.34. The number of hydrogen-bond donors (Lipinski definition) is 1. The minimum atomic E-state index is -0.754. The first-order valence-electron chi connectivity index (χ1n) is 6.83. The molecule has 104 valence electrons. The average Bonchev–Trinajstić information content (AvgIpc) is 2.46. The number of aliphatic carboxylic acids is 1. The van der Waals surface area contributed by atoms with Gasteiger partial charge in [-0.2, -0.15) is 0 Å². The van der Waals surface area contributed by atoms with Crippen LogP contribution in [0.25, 0.3) is 0 Å². The molecule has 4 nitrogen and oxygen atoms in total. The highest BCUT2D eigenvalue weighted by Gasteiger charge is 2.24. The van der Waals surface area contributed by atoms with Crippen LogP contribution in [0.4, 0.5) is 0 Å². The predicted octanol–water partition coefficient (Wildman–Crippen LogP) is 2.10. The normalized spacial score (nSPS) is 18.2. The average molecular weight is 263 g/mol. The van der Waals surface area contributed by atoms with Crippen LogP contribution in [0.2, 0.25) is 0 Å². The van der Waals surface area contributed by atoms with Gasteiger partial charge in [0.05, 0.1) is 19.6 Å². The largest absolute Gasteiger partial charge is 0.481 e. The molecule has 0 aliphatic carbocycles. The molecular weight excluding hydrogens is 242 g/mol. The van der Waals surface area contributed by atoms with E-state index in [2.05, 4.69) is 36.1 Å². The number of ether oxygens (including phenoxy) is 1. The van der Waals surface area contributed by atoms with Gasteiger partial charge < -0.3 is 9.84 Å². The zero-order chi connectivity index (χ0) is 13.7. The van der Waals surface area contributed by atoms with Gasteiger partial charge in [-0.05, 0) is 17.5 Å². The molecule has 0 radical (unpaired) electrons. The number of hydrogen-bond acceptors (Lipinski definition) is 3. The first-order chi connectivity index (χ1) is 9.20. The molecule has 0 spiro atoms. The van der Waals surface area contributed by atoms with Crippen molar-refractivity contribution in [1.82, 2.24) is 4.90 Å². The lowest BCUT2D eigenvalue weighted by Crippen LogP contribution is -2.39. The smallest absolute Gasteiger partial charge is 0.305 e. The minimum Gasteiger partial charge on any atom is -0.481 e. The van der Waals surface area contributed by atoms with Crippen LogP contribution >= 0.6 is 0 Å². The van der Waals surface area contributed by atoms with Gasteiger partial charge >= 0.3 is 5.97 Å². The van der Waals surface area contributed by atoms with E-state index in [0.29, 0.717) is 13.2 Å². The molecule has 2 rings (SSSR count). The molecule has 1 saturated heterocycles. The van der Waals surface area contributed by atoms with Crippen LogP contribution < -0.4 is 0 Å². The fraction of sp³-hybridized carbons (Fsp3) is 0.533. The predicted molar refractivity (Wildman–Crippen MR) is 73.2 cm³/mol. The van der Waals surface area contributed by atoms with E-state index in [0.717, 1.165) is 25.1 Å². The summed E-state index contributed by atoms with van der Waals surface area (Å²) in [5.74, 6) is -0.754. The molecule has 1 fully saturated rings. The number of carbonyl (C=O) groups is 1. The number of nitrogens with zero attached hydrogens (tertiary/aromatic N) is 1. The van der Waals surface area contributed by atoms with Gasteiger partial charge in [-0.15, -0.1) is 0 Å². The summed E-state index contributed by atoms with van der Waals surface area (Å²) in [7, 11) is 0. The van der Waals surface area contributed by atoms with Gasteiger partial charge in [-0.25, -0.2) is 0 Å². The van der Waals surface area contributed by atoms with Crippen molar-refractivity contribution in [3.63, 3.8) is 0 Å². The Morgan fingerprint density at radius 2 is 1.95 bits per heavy atom. The Hall–Kier alpha value is -1.39. The van der Waals surface area contributed by atoms with Gasteiger partial charge in [0, 0.05) is 19.1 Å². The topological polar surface area (TPSA) is 49.8 Å². The van der Waals surface area contributed by atoms with Crippen LogP contribution in [-0.2, 0) is 16.0 Å². The summed E-state index contributed by atoms with van der Waals surface area (Å²) in [4.78, 5) is 13.3. The third-order valence-corrected chi connectivity index (χ3v) is 3.63. The van der Waals surface area contributed by atoms with Crippen LogP contribution in [-0.4, -0.2) is 42.3 Å². The second kappa shape index (κ2) is 6.68. The fourth-order valence-corrected chi connectivity index (χ4v) is 2.49. The minimum absolute atomic E-state index is 0.0488. The van der Waals surface area contributed by atoms with Crippen LogP contribution in [0, 0.1) is 0 Å². The Morgan fingerprint density at radius 3 is 2.47 bits per heavy atom. The molecule has 1 heterocycles. The summed E-state index contributed by atoms with van der Waals surface area (Å²) < 4.78 is 5.34. The molecule has 1 aromatic carbocycles. The maximum absolute atomic E-state index is 11.1. The Kier molecular flexibility index (Phi) is 4.93. The van der Waals surface area contributed by atoms with Gasteiger partial charge in [0.15, 0.2) is 0 Å². The van der Waals surface area contributed by atoms with Gasteiger partial charge in [0.2, 0.25) is 0 Å². The first kappa shape index (κ1) is 14.0. The highest BCUT2D eigenvalue weighted by molar-refractivity contribution is 5.68. The Bertz CT molecular complexity index is 410. The molecule has 19 heavy (non-hydrogen) atoms. The van der Waals surface area contributed by atoms with Crippen molar-refractivity contribution in [1.29, 1.82) is 0 Å². The Balaban J connectivity index is 2.17. The van der Waals surface area contributed by atoms with Crippen molar-refractivity contribution in [3.05, 3.63) is 35.4 Å². The van der Waals surface area contributed by atoms with Gasteiger partial charge in [0.1, 0.15) is 0 Å². The van der Waals surface area contributed by atoms with E-state index in [1.807, 2.05) is 0 Å². The van der Waals surface area contributed by atoms with E-state index in [1.54, 1.807) is 0 Å². The number of carboxylic acid groups (broad SMARTS) is 1. The number of benzene rings is 1. The van der Waals surface area contributed by atoms with Crippen molar-refractivity contribution in [2.45, 2.75) is 25.8 Å². The first-order valence-corrected chi connectivity index (χ1v) is 6.83. The van der Waals surface area contributed by atoms with E-state index in [1.165, 1.54) is 5.56 Å². The summed E-state index contributed by atoms with van der Waals surface area (Å²) in [6.45, 7) is 5.08. The van der Waals surface area contributed by atoms with Crippen molar-refractivity contribution in [3.8, 4) is 0 Å². The van der Waals surface area contributed by atoms with E-state index < -0.39 is 5.97 Å². The molecule has 1 atom stereocenters. The quantitative estimate of drug-likeness (QED) is 0.884. The lowest BCUT2D eigenvalue weighted by molar-refractivity contribution is -0.139. The molecule has 1 unspecified atom stereocenters. The van der Waals surface area contributed by atoms with E-state index in [-0.39, 0.29) is 12.5 Å². The lowest BCUT2D eigenvalue weighted by atomic mass is 9.99. The van der Waals surface area contributed by atoms with Crippen LogP contribution in [0.3, 0.4) is 0 Å². The molecule has 0 bridgehead atoms. The molecule has 0 saturated carbocycles. The highest BCUT2D eigenvalue weighted by atomic mass is 16.5.